The molecule has 0 saturated heterocycles. The fourth-order valence-electron chi connectivity index (χ4n) is 18.7. The van der Waals surface area contributed by atoms with Crippen molar-refractivity contribution in [2.45, 2.75) is 281 Å². The van der Waals surface area contributed by atoms with Gasteiger partial charge < -0.3 is 58.7 Å². The second kappa shape index (κ2) is 32.8. The minimum atomic E-state index is -5.84. The smallest absolute Gasteiger partial charge is 0.444 e. The van der Waals surface area contributed by atoms with Crippen LogP contribution in [-0.4, -0.2) is 176 Å². The summed E-state index contributed by atoms with van der Waals surface area (Å²) in [4.78, 5) is 56.0. The molecule has 0 bridgehead atoms. The summed E-state index contributed by atoms with van der Waals surface area (Å²) in [5, 5.41) is 61.3. The lowest BCUT2D eigenvalue weighted by atomic mass is 9.79. The fraction of sp³-hybridized carbons (Fsp3) is 0.642. The van der Waals surface area contributed by atoms with Crippen LogP contribution in [0.1, 0.15) is 257 Å². The van der Waals surface area contributed by atoms with Crippen LogP contribution in [0, 0.1) is 17.8 Å². The lowest BCUT2D eigenvalue weighted by Crippen LogP contribution is -2.40. The van der Waals surface area contributed by atoms with E-state index in [-0.39, 0.29) is 43.3 Å². The molecule has 5 aliphatic heterocycles. The minimum absolute atomic E-state index is 0.0694. The molecular formula is C81H111BClF3N16O12S. The van der Waals surface area contributed by atoms with Gasteiger partial charge in [-0.2, -0.15) is 42.0 Å². The maximum Gasteiger partial charge on any atom is 0.534 e. The third-order valence-electron chi connectivity index (χ3n) is 24.7. The van der Waals surface area contributed by atoms with Crippen LogP contribution in [0.5, 0.6) is 5.88 Å². The summed E-state index contributed by atoms with van der Waals surface area (Å²) < 4.78 is 79.7. The lowest BCUT2D eigenvalue weighted by Gasteiger charge is -2.30. The van der Waals surface area contributed by atoms with Gasteiger partial charge in [0.25, 0.3) is 5.88 Å². The zero-order chi connectivity index (χ0) is 81.8. The summed E-state index contributed by atoms with van der Waals surface area (Å²) in [7, 11) is -7.03. The van der Waals surface area contributed by atoms with Gasteiger partial charge in [-0.05, 0) is 206 Å². The van der Waals surface area contributed by atoms with Crippen molar-refractivity contribution in [1.82, 2.24) is 75.9 Å². The molecule has 19 rings (SSSR count). The number of nitrogens with one attached hydrogen (secondary N) is 7. The summed E-state index contributed by atoms with van der Waals surface area (Å²) in [6, 6.07) is 7.19. The standard InChI is InChI=1S/C19H21ClN4O.C17H25N3O2.C16H23N3O2.C12H16F3N3O5S.C12H17N3.C5H9BO2/c20-13-4-1-5-14(9-13)21-18(25)24-8-6-16-15(11-24)17(23-22-16)19-7-2-3-12(19)10-19;1-16(2,3)22-15(21)20-8-6-13-12(10-20)14(19-18-13)17-7-4-5-11(17)9-17;1-16(2,3)21-15(20)19-9-8-13-12(10-19)14(18-17-13)11-6-4-5-7-11;1-11(2,3)22-10(19)18-5-4-8-7(6-18)9(17-16-8)23-24(20,21)12(13,14)15;1-2-8-6-12(8,4-1)11-9-7-13-5-3-10(9)14-15-11;7-6(8)5-3-1-2-4-5/h1,4-5,9,12H,2-3,6-8,10-11H2,(H,21,25)(H,22,23);11H,4-10H2,1-3H3,(H,18,19);6H,4-5,7-10H2,1-3H3,(H,17,18);4-6H2,1-3H3,(H,16,17);8,13H,1-7H2,(H,14,15);3,7-8H,1-2,4H2. The third kappa shape index (κ3) is 18.6. The Morgan fingerprint density at radius 3 is 1.42 bits per heavy atom. The van der Waals surface area contributed by atoms with Crippen LogP contribution < -0.4 is 14.8 Å². The second-order valence-corrected chi connectivity index (χ2v) is 38.1. The Labute approximate surface area is 675 Å². The van der Waals surface area contributed by atoms with E-state index in [2.05, 4.69) is 71.9 Å². The van der Waals surface area contributed by atoms with Gasteiger partial charge in [0.05, 0.1) is 54.5 Å². The fourth-order valence-corrected chi connectivity index (χ4v) is 19.3. The number of hydrogen-bond donors (Lipinski definition) is 9. The summed E-state index contributed by atoms with van der Waals surface area (Å²) in [6.45, 7) is 22.6. The Balaban J connectivity index is 0.000000116. The van der Waals surface area contributed by atoms with Crippen molar-refractivity contribution in [1.29, 1.82) is 0 Å². The van der Waals surface area contributed by atoms with Crippen LogP contribution in [0.25, 0.3) is 5.57 Å². The van der Waals surface area contributed by atoms with E-state index in [0.29, 0.717) is 66.2 Å². The molecule has 6 fully saturated rings. The van der Waals surface area contributed by atoms with E-state index in [1.165, 1.54) is 150 Å². The average molecular weight is 1640 g/mol. The van der Waals surface area contributed by atoms with Gasteiger partial charge in [-0.1, -0.05) is 49.1 Å². The van der Waals surface area contributed by atoms with Crippen molar-refractivity contribution in [3.05, 3.63) is 126 Å². The Hall–Kier alpha value is -8.40. The van der Waals surface area contributed by atoms with Crippen LogP contribution in [0.2, 0.25) is 5.02 Å². The Kier molecular flexibility index (Phi) is 23.7. The molecule has 10 heterocycles. The molecule has 0 radical (unpaired) electrons. The summed E-state index contributed by atoms with van der Waals surface area (Å²) in [5.74, 6) is 1.88. The Morgan fingerprint density at radius 1 is 0.548 bits per heavy atom. The maximum atomic E-state index is 12.7. The predicted molar refractivity (Wildman–Crippen MR) is 424 cm³/mol. The quantitative estimate of drug-likeness (QED) is 0.0296. The molecule has 1 aromatic carbocycles. The number of carbonyl (C=O) groups excluding carboxylic acids is 4. The number of alkyl halides is 3. The number of amides is 5. The number of rotatable bonds is 8. The molecule has 5 aromatic heterocycles. The molecule has 115 heavy (non-hydrogen) atoms. The number of anilines is 1. The Morgan fingerprint density at radius 2 is 0.983 bits per heavy atom. The van der Waals surface area contributed by atoms with E-state index in [4.69, 9.17) is 35.9 Å². The average Bonchev–Trinajstić information content (AvgIpc) is 1.55. The van der Waals surface area contributed by atoms with Gasteiger partial charge in [0.1, 0.15) is 16.8 Å². The lowest BCUT2D eigenvalue weighted by molar-refractivity contribution is -0.0502. The van der Waals surface area contributed by atoms with Crippen molar-refractivity contribution in [2.75, 3.05) is 38.0 Å². The van der Waals surface area contributed by atoms with Crippen molar-refractivity contribution in [3.8, 4) is 5.88 Å². The summed E-state index contributed by atoms with van der Waals surface area (Å²) in [6.07, 6.45) is 29.3. The number of carbonyl (C=O) groups is 4. The number of allylic oxidation sites excluding steroid dienone is 4. The molecule has 8 aliphatic carbocycles. The van der Waals surface area contributed by atoms with Crippen molar-refractivity contribution in [3.63, 3.8) is 0 Å². The van der Waals surface area contributed by atoms with Crippen LogP contribution in [0.4, 0.5) is 38.0 Å². The SMILES string of the molecule is C1CC2CC2(c2n[nH]c3c2CNCC3)C1.CC(C)(C)OC(=O)N1CCc2[nH]nc(C34CCCC3C4)c2C1.CC(C)(C)OC(=O)N1CCc2[nH]nc(C3=CCCC3)c2C1.CC(C)(C)OC(=O)N1CCc2[nH]nc(OS(=O)(=O)C(F)(F)F)c2C1.O=C(Nc1cccc(Cl)c1)N1CCc2[nH]nc(C34CCCC3C4)c2C1.OB(O)C1=CCCC1. The number of ether oxygens (including phenoxy) is 3. The van der Waals surface area contributed by atoms with E-state index >= 15 is 0 Å². The third-order valence-corrected chi connectivity index (χ3v) is 25.9. The van der Waals surface area contributed by atoms with E-state index in [1.54, 1.807) is 37.8 Å². The van der Waals surface area contributed by atoms with Crippen LogP contribution in [0.15, 0.2) is 41.9 Å². The number of aromatic amines is 5. The highest BCUT2D eigenvalue weighted by molar-refractivity contribution is 7.88. The first kappa shape index (κ1) is 83.1. The van der Waals surface area contributed by atoms with Crippen LogP contribution in [-0.2, 0) is 105 Å². The number of benzene rings is 1. The number of fused-ring (bicyclic) bond motifs is 8. The molecule has 6 aromatic rings. The first-order valence-electron chi connectivity index (χ1n) is 41.0. The zero-order valence-electron chi connectivity index (χ0n) is 67.5. The molecule has 6 atom stereocenters. The van der Waals surface area contributed by atoms with Gasteiger partial charge in [-0.3, -0.25) is 25.5 Å². The van der Waals surface area contributed by atoms with E-state index in [1.807, 2.05) is 69.6 Å². The highest BCUT2D eigenvalue weighted by Gasteiger charge is 2.63. The minimum Gasteiger partial charge on any atom is -0.444 e. The van der Waals surface area contributed by atoms with E-state index in [9.17, 15) is 40.8 Å². The second-order valence-electron chi connectivity index (χ2n) is 36.1. The van der Waals surface area contributed by atoms with E-state index in [0.717, 1.165) is 111 Å². The van der Waals surface area contributed by atoms with Crippen molar-refractivity contribution >= 4 is 64.4 Å². The maximum absolute atomic E-state index is 12.7. The van der Waals surface area contributed by atoms with Gasteiger partial charge in [0.2, 0.25) is 0 Å². The predicted octanol–water partition coefficient (Wildman–Crippen LogP) is 14.0. The monoisotopic (exact) mass is 1630 g/mol. The normalized spacial score (nSPS) is 24.4. The van der Waals surface area contributed by atoms with Gasteiger partial charge >= 0.3 is 47.1 Å². The van der Waals surface area contributed by atoms with Gasteiger partial charge in [-0.25, -0.2) is 19.2 Å². The van der Waals surface area contributed by atoms with Gasteiger partial charge in [0.15, 0.2) is 0 Å². The zero-order valence-corrected chi connectivity index (χ0v) is 69.1. The van der Waals surface area contributed by atoms with Gasteiger partial charge in [-0.15, -0.1) is 5.10 Å². The number of urea groups is 1. The summed E-state index contributed by atoms with van der Waals surface area (Å²) >= 11 is 6.00. The Bertz CT molecular complexity index is 4760. The molecule has 6 saturated carbocycles. The van der Waals surface area contributed by atoms with Gasteiger partial charge in [0, 0.05) is 149 Å². The van der Waals surface area contributed by atoms with Crippen LogP contribution in [0.3, 0.4) is 0 Å². The molecule has 34 heteroatoms. The number of aromatic nitrogens is 10. The largest absolute Gasteiger partial charge is 0.534 e. The topological polar surface area (TPSA) is 360 Å². The molecule has 5 amide bonds. The number of halogens is 4. The number of H-pyrrole nitrogens is 5. The van der Waals surface area contributed by atoms with Crippen molar-refractivity contribution < 1.29 is 69.2 Å². The molecule has 6 unspecified atom stereocenters. The van der Waals surface area contributed by atoms with E-state index < -0.39 is 51.5 Å². The molecule has 28 nitrogen and oxygen atoms in total. The molecular weight excluding hydrogens is 1520 g/mol. The van der Waals surface area contributed by atoms with Crippen molar-refractivity contribution in [2.24, 2.45) is 17.8 Å². The molecule has 0 spiro atoms. The van der Waals surface area contributed by atoms with Crippen LogP contribution >= 0.6 is 11.6 Å². The summed E-state index contributed by atoms with van der Waals surface area (Å²) in [5.41, 5.74) is 12.4. The highest BCUT2D eigenvalue weighted by Crippen LogP contribution is 2.67. The molecule has 9 N–H and O–H groups in total. The highest BCUT2D eigenvalue weighted by atomic mass is 35.5. The first-order chi connectivity index (χ1) is 54.5. The first-order valence-corrected chi connectivity index (χ1v) is 42.8. The number of nitrogens with zero attached hydrogens (tertiary/aromatic N) is 9. The molecule has 624 valence electrons. The molecule has 13 aliphatic rings. The number of hydrogen-bond acceptors (Lipinski definition) is 18.